The first-order valence-electron chi connectivity index (χ1n) is 9.16. The summed E-state index contributed by atoms with van der Waals surface area (Å²) in [5, 5.41) is 2.82. The van der Waals surface area contributed by atoms with E-state index in [1.54, 1.807) is 18.2 Å². The quantitative estimate of drug-likeness (QED) is 0.899. The maximum absolute atomic E-state index is 13.9. The number of rotatable bonds is 4. The van der Waals surface area contributed by atoms with Crippen LogP contribution in [0.2, 0.25) is 0 Å². The molecular weight excluding hydrogens is 345 g/mol. The van der Waals surface area contributed by atoms with E-state index in [1.165, 1.54) is 12.1 Å². The lowest BCUT2D eigenvalue weighted by atomic mass is 10.1. The first kappa shape index (κ1) is 18.9. The highest BCUT2D eigenvalue weighted by atomic mass is 19.1. The van der Waals surface area contributed by atoms with Crippen LogP contribution < -0.4 is 10.2 Å². The molecule has 142 valence electrons. The van der Waals surface area contributed by atoms with Crippen LogP contribution in [0.15, 0.2) is 48.5 Å². The summed E-state index contributed by atoms with van der Waals surface area (Å²) >= 11 is 0. The average Bonchev–Trinajstić information content (AvgIpc) is 2.68. The Balaban J connectivity index is 1.73. The fraction of sp³-hybridized carbons (Fsp3) is 0.333. The molecule has 0 aliphatic carbocycles. The normalized spacial score (nSPS) is 14.4. The van der Waals surface area contributed by atoms with Crippen molar-refractivity contribution in [2.24, 2.45) is 5.92 Å². The van der Waals surface area contributed by atoms with Gasteiger partial charge in [-0.1, -0.05) is 38.1 Å². The average molecular weight is 369 g/mol. The van der Waals surface area contributed by atoms with Gasteiger partial charge in [-0.25, -0.2) is 4.39 Å². The number of nitrogens with zero attached hydrogens (tertiary/aromatic N) is 2. The Morgan fingerprint density at radius 3 is 2.26 bits per heavy atom. The van der Waals surface area contributed by atoms with Crippen molar-refractivity contribution >= 4 is 23.2 Å². The lowest BCUT2D eigenvalue weighted by Crippen LogP contribution is -2.50. The molecule has 2 aromatic rings. The molecule has 5 nitrogen and oxygen atoms in total. The lowest BCUT2D eigenvalue weighted by molar-refractivity contribution is -0.134. The zero-order valence-corrected chi connectivity index (χ0v) is 15.6. The molecule has 1 N–H and O–H groups in total. The van der Waals surface area contributed by atoms with Crippen LogP contribution in [-0.2, 0) is 4.79 Å². The monoisotopic (exact) mass is 369 g/mol. The van der Waals surface area contributed by atoms with Crippen LogP contribution in [0.25, 0.3) is 0 Å². The number of benzene rings is 2. The minimum Gasteiger partial charge on any atom is -0.366 e. The number of halogens is 1. The van der Waals surface area contributed by atoms with Crippen molar-refractivity contribution < 1.29 is 14.0 Å². The third-order valence-electron chi connectivity index (χ3n) is 4.70. The smallest absolute Gasteiger partial charge is 0.258 e. The molecule has 1 aliphatic heterocycles. The van der Waals surface area contributed by atoms with Crippen LogP contribution >= 0.6 is 0 Å². The number of para-hydroxylation sites is 2. The maximum Gasteiger partial charge on any atom is 0.258 e. The predicted molar refractivity (Wildman–Crippen MR) is 104 cm³/mol. The highest BCUT2D eigenvalue weighted by molar-refractivity contribution is 6.06. The third-order valence-corrected chi connectivity index (χ3v) is 4.70. The lowest BCUT2D eigenvalue weighted by Gasteiger charge is -2.37. The van der Waals surface area contributed by atoms with Gasteiger partial charge in [-0.3, -0.25) is 9.59 Å². The number of anilines is 2. The molecule has 0 unspecified atom stereocenters. The molecule has 0 spiro atoms. The molecule has 0 radical (unpaired) electrons. The molecule has 27 heavy (non-hydrogen) atoms. The van der Waals surface area contributed by atoms with Gasteiger partial charge in [0.25, 0.3) is 5.91 Å². The highest BCUT2D eigenvalue weighted by Gasteiger charge is 2.24. The van der Waals surface area contributed by atoms with Crippen molar-refractivity contribution in [3.63, 3.8) is 0 Å². The van der Waals surface area contributed by atoms with Gasteiger partial charge in [-0.2, -0.15) is 0 Å². The Labute approximate surface area is 158 Å². The Morgan fingerprint density at radius 2 is 1.59 bits per heavy atom. The summed E-state index contributed by atoms with van der Waals surface area (Å²) in [4.78, 5) is 28.6. The topological polar surface area (TPSA) is 52.7 Å². The number of hydrogen-bond acceptors (Lipinski definition) is 3. The second-order valence-corrected chi connectivity index (χ2v) is 6.92. The zero-order valence-electron chi connectivity index (χ0n) is 15.6. The van der Waals surface area contributed by atoms with Gasteiger partial charge >= 0.3 is 0 Å². The molecule has 6 heteroatoms. The van der Waals surface area contributed by atoms with Gasteiger partial charge in [0.15, 0.2) is 0 Å². The Morgan fingerprint density at radius 1 is 0.963 bits per heavy atom. The minimum atomic E-state index is -0.548. The van der Waals surface area contributed by atoms with Gasteiger partial charge in [-0.05, 0) is 24.3 Å². The first-order chi connectivity index (χ1) is 13.0. The first-order valence-corrected chi connectivity index (χ1v) is 9.16. The summed E-state index contributed by atoms with van der Waals surface area (Å²) in [6.45, 7) is 6.47. The molecule has 0 atom stereocenters. The Bertz CT molecular complexity index is 830. The second-order valence-electron chi connectivity index (χ2n) is 6.92. The van der Waals surface area contributed by atoms with Crippen molar-refractivity contribution in [2.45, 2.75) is 13.8 Å². The highest BCUT2D eigenvalue weighted by Crippen LogP contribution is 2.27. The van der Waals surface area contributed by atoms with Crippen molar-refractivity contribution in [1.29, 1.82) is 0 Å². The number of carbonyl (C=O) groups is 2. The van der Waals surface area contributed by atoms with Crippen molar-refractivity contribution in [3.05, 3.63) is 59.9 Å². The molecule has 0 saturated carbocycles. The van der Waals surface area contributed by atoms with Crippen molar-refractivity contribution in [3.8, 4) is 0 Å². The molecular formula is C21H24FN3O2. The van der Waals surface area contributed by atoms with E-state index in [-0.39, 0.29) is 17.4 Å². The molecule has 2 amide bonds. The van der Waals surface area contributed by atoms with E-state index in [9.17, 15) is 14.0 Å². The van der Waals surface area contributed by atoms with Gasteiger partial charge in [0, 0.05) is 32.1 Å². The summed E-state index contributed by atoms with van der Waals surface area (Å²) in [6.07, 6.45) is 0. The summed E-state index contributed by atoms with van der Waals surface area (Å²) < 4.78 is 13.9. The van der Waals surface area contributed by atoms with Gasteiger partial charge in [0.1, 0.15) is 5.82 Å². The Hall–Kier alpha value is -2.89. The maximum atomic E-state index is 13.9. The van der Waals surface area contributed by atoms with Crippen molar-refractivity contribution in [2.75, 3.05) is 36.4 Å². The second kappa shape index (κ2) is 8.20. The predicted octanol–water partition coefficient (Wildman–Crippen LogP) is 3.38. The van der Waals surface area contributed by atoms with E-state index in [2.05, 4.69) is 10.2 Å². The molecule has 1 saturated heterocycles. The molecule has 1 aliphatic rings. The van der Waals surface area contributed by atoms with E-state index >= 15 is 0 Å². The van der Waals surface area contributed by atoms with Gasteiger partial charge in [0.2, 0.25) is 5.91 Å². The van der Waals surface area contributed by atoms with E-state index in [1.807, 2.05) is 36.9 Å². The van der Waals surface area contributed by atoms with Gasteiger partial charge < -0.3 is 15.1 Å². The van der Waals surface area contributed by atoms with Crippen LogP contribution in [0.1, 0.15) is 24.2 Å². The third kappa shape index (κ3) is 4.27. The summed E-state index contributed by atoms with van der Waals surface area (Å²) in [6, 6.07) is 13.4. The molecule has 1 heterocycles. The van der Waals surface area contributed by atoms with E-state index in [0.717, 1.165) is 5.69 Å². The van der Waals surface area contributed by atoms with Crippen LogP contribution in [0.3, 0.4) is 0 Å². The fourth-order valence-electron chi connectivity index (χ4n) is 3.22. The standard InChI is InChI=1S/C21H24FN3O2/c1-15(2)21(27)25-13-11-24(12-14-25)19-10-6-5-9-18(19)23-20(26)16-7-3-4-8-17(16)22/h3-10,15H,11-14H2,1-2H3,(H,23,26). The van der Waals surface area contributed by atoms with Crippen LogP contribution in [-0.4, -0.2) is 42.9 Å². The SMILES string of the molecule is CC(C)C(=O)N1CCN(c2ccccc2NC(=O)c2ccccc2F)CC1. The van der Waals surface area contributed by atoms with Gasteiger partial charge in [-0.15, -0.1) is 0 Å². The molecule has 0 aromatic heterocycles. The van der Waals surface area contributed by atoms with Crippen LogP contribution in [0.5, 0.6) is 0 Å². The van der Waals surface area contributed by atoms with E-state index < -0.39 is 11.7 Å². The molecule has 0 bridgehead atoms. The number of amides is 2. The number of nitrogens with one attached hydrogen (secondary N) is 1. The molecule has 1 fully saturated rings. The van der Waals surface area contributed by atoms with Crippen LogP contribution in [0.4, 0.5) is 15.8 Å². The number of hydrogen-bond donors (Lipinski definition) is 1. The minimum absolute atomic E-state index is 0.0103. The van der Waals surface area contributed by atoms with E-state index in [4.69, 9.17) is 0 Å². The number of carbonyl (C=O) groups excluding carboxylic acids is 2. The van der Waals surface area contributed by atoms with Crippen molar-refractivity contribution in [1.82, 2.24) is 4.90 Å². The Kier molecular flexibility index (Phi) is 5.74. The summed E-state index contributed by atoms with van der Waals surface area (Å²) in [7, 11) is 0. The summed E-state index contributed by atoms with van der Waals surface area (Å²) in [5.74, 6) is -0.873. The molecule has 3 rings (SSSR count). The van der Waals surface area contributed by atoms with Crippen LogP contribution in [0, 0.1) is 11.7 Å². The van der Waals surface area contributed by atoms with Gasteiger partial charge in [0.05, 0.1) is 16.9 Å². The molecule has 2 aromatic carbocycles. The summed E-state index contributed by atoms with van der Waals surface area (Å²) in [5.41, 5.74) is 1.52. The largest absolute Gasteiger partial charge is 0.366 e. The van der Waals surface area contributed by atoms with E-state index in [0.29, 0.717) is 31.9 Å². The zero-order chi connectivity index (χ0) is 19.4. The number of piperazine rings is 1. The fourth-order valence-corrected chi connectivity index (χ4v) is 3.22.